The number of hydrogen-bond donors (Lipinski definition) is 1. The molecule has 0 saturated carbocycles. The van der Waals surface area contributed by atoms with E-state index in [1.807, 2.05) is 49.6 Å². The average molecular weight is 444 g/mol. The quantitative estimate of drug-likeness (QED) is 0.450. The molecule has 168 valence electrons. The molecule has 4 rings (SSSR count). The molecule has 0 bridgehead atoms. The summed E-state index contributed by atoms with van der Waals surface area (Å²) in [4.78, 5) is 16.7. The van der Waals surface area contributed by atoms with Gasteiger partial charge in [-0.3, -0.25) is 9.36 Å². The van der Waals surface area contributed by atoms with Gasteiger partial charge in [0.05, 0.1) is 19.2 Å². The third-order valence-electron chi connectivity index (χ3n) is 5.31. The van der Waals surface area contributed by atoms with E-state index in [0.29, 0.717) is 23.1 Å². The highest BCUT2D eigenvalue weighted by Crippen LogP contribution is 2.23. The van der Waals surface area contributed by atoms with E-state index < -0.39 is 0 Å². The van der Waals surface area contributed by atoms with Crippen LogP contribution >= 0.6 is 0 Å². The summed E-state index contributed by atoms with van der Waals surface area (Å²) >= 11 is 0. The Hall–Kier alpha value is -4.20. The fraction of sp³-hybridized carbons (Fsp3) is 0.200. The normalized spacial score (nSPS) is 10.7. The van der Waals surface area contributed by atoms with Gasteiger partial charge in [0, 0.05) is 17.4 Å². The molecule has 1 N–H and O–H groups in total. The van der Waals surface area contributed by atoms with Crippen molar-refractivity contribution >= 4 is 11.6 Å². The predicted molar refractivity (Wildman–Crippen MR) is 125 cm³/mol. The molecule has 4 aromatic rings. The number of rotatable bonds is 7. The lowest BCUT2D eigenvalue weighted by molar-refractivity contribution is -0.115. The first-order valence-corrected chi connectivity index (χ1v) is 10.5. The molecule has 0 aliphatic heterocycles. The number of methoxy groups -OCH3 is 1. The zero-order valence-electron chi connectivity index (χ0n) is 19.0. The second-order valence-corrected chi connectivity index (χ2v) is 7.67. The summed E-state index contributed by atoms with van der Waals surface area (Å²) < 4.78 is 12.9. The van der Waals surface area contributed by atoms with Gasteiger partial charge in [-0.05, 0) is 68.3 Å². The maximum absolute atomic E-state index is 12.4. The fourth-order valence-corrected chi connectivity index (χ4v) is 3.39. The van der Waals surface area contributed by atoms with Crippen molar-refractivity contribution in [1.82, 2.24) is 19.7 Å². The van der Waals surface area contributed by atoms with Crippen LogP contribution < -0.4 is 14.8 Å². The lowest BCUT2D eigenvalue weighted by Crippen LogP contribution is -2.14. The van der Waals surface area contributed by atoms with E-state index in [4.69, 9.17) is 9.47 Å². The van der Waals surface area contributed by atoms with Crippen molar-refractivity contribution in [2.24, 2.45) is 0 Å². The van der Waals surface area contributed by atoms with Gasteiger partial charge in [-0.1, -0.05) is 12.1 Å². The zero-order chi connectivity index (χ0) is 23.4. The molecule has 2 aromatic carbocycles. The molecule has 2 aromatic heterocycles. The Balaban J connectivity index is 1.35. The highest BCUT2D eigenvalue weighted by Gasteiger charge is 2.09. The first-order valence-electron chi connectivity index (χ1n) is 10.5. The lowest BCUT2D eigenvalue weighted by atomic mass is 10.1. The second kappa shape index (κ2) is 9.52. The van der Waals surface area contributed by atoms with Crippen LogP contribution in [0.3, 0.4) is 0 Å². The second-order valence-electron chi connectivity index (χ2n) is 7.67. The molecule has 0 fully saturated rings. The van der Waals surface area contributed by atoms with Crippen molar-refractivity contribution in [2.75, 3.05) is 12.4 Å². The minimum absolute atomic E-state index is 0.0975. The number of amides is 1. The van der Waals surface area contributed by atoms with Crippen molar-refractivity contribution in [3.8, 4) is 23.2 Å². The molecule has 0 atom stereocenters. The fourth-order valence-electron chi connectivity index (χ4n) is 3.39. The molecular weight excluding hydrogens is 418 g/mol. The number of nitrogens with one attached hydrogen (secondary N) is 1. The van der Waals surface area contributed by atoms with E-state index >= 15 is 0 Å². The minimum Gasteiger partial charge on any atom is -0.496 e. The number of ether oxygens (including phenoxy) is 2. The van der Waals surface area contributed by atoms with Crippen molar-refractivity contribution in [3.63, 3.8) is 0 Å². The number of carbonyl (C=O) groups excluding carboxylic acids is 1. The van der Waals surface area contributed by atoms with Gasteiger partial charge >= 0.3 is 0 Å². The van der Waals surface area contributed by atoms with Crippen LogP contribution in [0.4, 0.5) is 5.69 Å². The van der Waals surface area contributed by atoms with Crippen LogP contribution in [0.2, 0.25) is 0 Å². The Morgan fingerprint density at radius 1 is 1.00 bits per heavy atom. The van der Waals surface area contributed by atoms with E-state index in [9.17, 15) is 4.79 Å². The minimum atomic E-state index is -0.0975. The molecule has 0 aliphatic rings. The smallest absolute Gasteiger partial charge is 0.238 e. The molecule has 0 spiro atoms. The van der Waals surface area contributed by atoms with Gasteiger partial charge in [0.1, 0.15) is 17.8 Å². The molecule has 1 amide bonds. The summed E-state index contributed by atoms with van der Waals surface area (Å²) in [6.07, 6.45) is 2.00. The molecule has 8 heteroatoms. The number of nitrogens with zero attached hydrogens (tertiary/aromatic N) is 4. The molecule has 33 heavy (non-hydrogen) atoms. The van der Waals surface area contributed by atoms with Gasteiger partial charge in [-0.25, -0.2) is 4.98 Å². The maximum Gasteiger partial charge on any atom is 0.238 e. The van der Waals surface area contributed by atoms with E-state index in [0.717, 1.165) is 28.3 Å². The first-order chi connectivity index (χ1) is 15.9. The van der Waals surface area contributed by atoms with Gasteiger partial charge in [0.2, 0.25) is 11.8 Å². The number of hydrogen-bond acceptors (Lipinski definition) is 6. The summed E-state index contributed by atoms with van der Waals surface area (Å²) in [5.41, 5.74) is 4.57. The summed E-state index contributed by atoms with van der Waals surface area (Å²) in [6.45, 7) is 5.88. The SMILES string of the molecule is COc1ccc(CC(=O)Nc2ccc(Oc3ccc(-n4cnc(C)c4C)nn3)cc2)cc1C. The first kappa shape index (κ1) is 22.0. The lowest BCUT2D eigenvalue weighted by Gasteiger charge is -2.09. The van der Waals surface area contributed by atoms with E-state index in [1.54, 1.807) is 43.8 Å². The van der Waals surface area contributed by atoms with Crippen LogP contribution in [0.25, 0.3) is 5.82 Å². The largest absolute Gasteiger partial charge is 0.496 e. The monoisotopic (exact) mass is 443 g/mol. The Morgan fingerprint density at radius 2 is 1.79 bits per heavy atom. The van der Waals surface area contributed by atoms with E-state index in [-0.39, 0.29) is 12.3 Å². The number of aromatic nitrogens is 4. The topological polar surface area (TPSA) is 91.2 Å². The molecule has 0 radical (unpaired) electrons. The van der Waals surface area contributed by atoms with Crippen molar-refractivity contribution in [3.05, 3.63) is 83.4 Å². The molecule has 0 aliphatic carbocycles. The Kier molecular flexibility index (Phi) is 6.35. The third-order valence-corrected chi connectivity index (χ3v) is 5.31. The summed E-state index contributed by atoms with van der Waals surface area (Å²) in [6, 6.07) is 16.4. The van der Waals surface area contributed by atoms with Crippen LogP contribution in [0.5, 0.6) is 17.4 Å². The van der Waals surface area contributed by atoms with Gasteiger partial charge in [-0.2, -0.15) is 0 Å². The van der Waals surface area contributed by atoms with Gasteiger partial charge in [0.15, 0.2) is 5.82 Å². The molecular formula is C25H25N5O3. The van der Waals surface area contributed by atoms with Crippen molar-refractivity contribution in [1.29, 1.82) is 0 Å². The highest BCUT2D eigenvalue weighted by molar-refractivity contribution is 5.92. The molecule has 0 unspecified atom stereocenters. The molecule has 0 saturated heterocycles. The number of imidazole rings is 1. The number of carbonyl (C=O) groups is 1. The Bertz CT molecular complexity index is 1260. The number of aryl methyl sites for hydroxylation is 2. The highest BCUT2D eigenvalue weighted by atomic mass is 16.5. The van der Waals surface area contributed by atoms with Crippen LogP contribution in [-0.4, -0.2) is 32.8 Å². The average Bonchev–Trinajstić information content (AvgIpc) is 3.14. The van der Waals surface area contributed by atoms with E-state index in [2.05, 4.69) is 20.5 Å². The predicted octanol–water partition coefficient (Wildman–Crippen LogP) is 4.57. The Morgan fingerprint density at radius 3 is 2.39 bits per heavy atom. The third kappa shape index (κ3) is 5.17. The van der Waals surface area contributed by atoms with Crippen LogP contribution in [-0.2, 0) is 11.2 Å². The maximum atomic E-state index is 12.4. The van der Waals surface area contributed by atoms with Gasteiger partial charge in [-0.15, -0.1) is 10.2 Å². The summed E-state index contributed by atoms with van der Waals surface area (Å²) in [5.74, 6) is 2.35. The standard InChI is InChI=1S/C25H25N5O3/c1-16-13-19(5-10-22(16)32-4)14-24(31)27-20-6-8-21(9-7-20)33-25-12-11-23(28-29-25)30-15-26-17(2)18(30)3/h5-13,15H,14H2,1-4H3,(H,27,31). The van der Waals surface area contributed by atoms with Gasteiger partial charge < -0.3 is 14.8 Å². The van der Waals surface area contributed by atoms with Crippen LogP contribution in [0.15, 0.2) is 60.9 Å². The van der Waals surface area contributed by atoms with Gasteiger partial charge in [0.25, 0.3) is 0 Å². The number of benzene rings is 2. The molecule has 8 nitrogen and oxygen atoms in total. The Labute approximate surface area is 192 Å². The van der Waals surface area contributed by atoms with Crippen LogP contribution in [0, 0.1) is 20.8 Å². The van der Waals surface area contributed by atoms with E-state index in [1.165, 1.54) is 0 Å². The molecule has 2 heterocycles. The number of anilines is 1. The summed E-state index contributed by atoms with van der Waals surface area (Å²) in [7, 11) is 1.63. The summed E-state index contributed by atoms with van der Waals surface area (Å²) in [5, 5.41) is 11.3. The van der Waals surface area contributed by atoms with Crippen LogP contribution in [0.1, 0.15) is 22.5 Å². The zero-order valence-corrected chi connectivity index (χ0v) is 19.0. The van der Waals surface area contributed by atoms with Crippen molar-refractivity contribution in [2.45, 2.75) is 27.2 Å². The van der Waals surface area contributed by atoms with Crippen molar-refractivity contribution < 1.29 is 14.3 Å².